The highest BCUT2D eigenvalue weighted by molar-refractivity contribution is 7.24. The van der Waals surface area contributed by atoms with Crippen LogP contribution in [0.15, 0.2) is 211 Å². The van der Waals surface area contributed by atoms with Crippen molar-refractivity contribution in [3.8, 4) is 22.3 Å². The van der Waals surface area contributed by atoms with Gasteiger partial charge in [-0.05, 0) is 119 Å². The summed E-state index contributed by atoms with van der Waals surface area (Å²) in [6.45, 7) is 0. The number of hydrogen-bond donors (Lipinski definition) is 0. The minimum atomic E-state index is 0.0697. The Morgan fingerprint density at radius 2 is 0.585 bits per heavy atom. The standard InChI is InChI=1S/C49H34N2OS/c52-49-45-31-25-37(35-21-27-43(28-22-35)50(39-13-5-1-6-14-39)40-15-7-2-8-16-40)33-47(45)53-48-34-38(26-32-46(48)49)36-23-29-44(30-24-36)51(41-17-9-3-10-18-41)42-19-11-4-12-20-42/h1-34H. The summed E-state index contributed by atoms with van der Waals surface area (Å²) in [4.78, 5) is 18.3. The average Bonchev–Trinajstić information content (AvgIpc) is 3.23. The summed E-state index contributed by atoms with van der Waals surface area (Å²) in [5.74, 6) is 0. The molecule has 1 aromatic heterocycles. The summed E-state index contributed by atoms with van der Waals surface area (Å²) in [6.07, 6.45) is 0. The van der Waals surface area contributed by atoms with E-state index in [4.69, 9.17) is 0 Å². The first-order chi connectivity index (χ1) is 26.2. The zero-order chi connectivity index (χ0) is 35.6. The van der Waals surface area contributed by atoms with Crippen molar-refractivity contribution in [2.45, 2.75) is 0 Å². The van der Waals surface area contributed by atoms with Crippen LogP contribution in [0.25, 0.3) is 42.4 Å². The maximum Gasteiger partial charge on any atom is 0.195 e. The van der Waals surface area contributed by atoms with Gasteiger partial charge < -0.3 is 9.80 Å². The monoisotopic (exact) mass is 698 g/mol. The summed E-state index contributed by atoms with van der Waals surface area (Å²) in [6, 6.07) is 71.4. The lowest BCUT2D eigenvalue weighted by atomic mass is 10.0. The number of benzene rings is 8. The second kappa shape index (κ2) is 14.1. The van der Waals surface area contributed by atoms with Crippen LogP contribution in [0.2, 0.25) is 0 Å². The predicted octanol–water partition coefficient (Wildman–Crippen LogP) is 13.7. The molecule has 0 radical (unpaired) electrons. The molecule has 8 aromatic carbocycles. The van der Waals surface area contributed by atoms with E-state index < -0.39 is 0 Å². The van der Waals surface area contributed by atoms with E-state index in [1.54, 1.807) is 11.3 Å². The molecule has 0 aliphatic heterocycles. The van der Waals surface area contributed by atoms with Crippen molar-refractivity contribution < 1.29 is 0 Å². The topological polar surface area (TPSA) is 23.6 Å². The molecule has 53 heavy (non-hydrogen) atoms. The van der Waals surface area contributed by atoms with Crippen molar-refractivity contribution in [1.29, 1.82) is 0 Å². The van der Waals surface area contributed by atoms with Gasteiger partial charge in [-0.3, -0.25) is 4.79 Å². The van der Waals surface area contributed by atoms with Crippen LogP contribution in [-0.2, 0) is 0 Å². The zero-order valence-electron chi connectivity index (χ0n) is 28.8. The van der Waals surface area contributed by atoms with Gasteiger partial charge in [-0.15, -0.1) is 11.3 Å². The Morgan fingerprint density at radius 1 is 0.302 bits per heavy atom. The molecule has 0 unspecified atom stereocenters. The molecule has 0 N–H and O–H groups in total. The van der Waals surface area contributed by atoms with E-state index in [1.807, 2.05) is 36.4 Å². The van der Waals surface area contributed by atoms with Gasteiger partial charge in [-0.2, -0.15) is 0 Å². The van der Waals surface area contributed by atoms with Crippen LogP contribution in [0, 0.1) is 0 Å². The third-order valence-corrected chi connectivity index (χ3v) is 10.8. The van der Waals surface area contributed by atoms with Crippen LogP contribution in [0.3, 0.4) is 0 Å². The van der Waals surface area contributed by atoms with Crippen LogP contribution in [0.1, 0.15) is 0 Å². The van der Waals surface area contributed by atoms with Gasteiger partial charge in [0.2, 0.25) is 0 Å². The third-order valence-electron chi connectivity index (χ3n) is 9.65. The molecule has 4 heteroatoms. The Bertz CT molecular complexity index is 2450. The minimum absolute atomic E-state index is 0.0697. The first-order valence-electron chi connectivity index (χ1n) is 17.7. The molecule has 0 aliphatic rings. The Balaban J connectivity index is 1.04. The second-order valence-electron chi connectivity index (χ2n) is 13.0. The number of fused-ring (bicyclic) bond motifs is 2. The number of anilines is 6. The van der Waals surface area contributed by atoms with E-state index in [-0.39, 0.29) is 5.43 Å². The van der Waals surface area contributed by atoms with Gasteiger partial charge in [0.05, 0.1) is 0 Å². The fraction of sp³-hybridized carbons (Fsp3) is 0. The van der Waals surface area contributed by atoms with E-state index in [1.165, 1.54) is 0 Å². The maximum atomic E-state index is 13.8. The smallest absolute Gasteiger partial charge is 0.195 e. The van der Waals surface area contributed by atoms with E-state index in [0.29, 0.717) is 0 Å². The highest BCUT2D eigenvalue weighted by Crippen LogP contribution is 2.38. The Kier molecular flexibility index (Phi) is 8.56. The molecule has 9 rings (SSSR count). The molecule has 0 saturated heterocycles. The minimum Gasteiger partial charge on any atom is -0.311 e. The van der Waals surface area contributed by atoms with Crippen molar-refractivity contribution in [3.63, 3.8) is 0 Å². The molecule has 0 atom stereocenters. The van der Waals surface area contributed by atoms with Gasteiger partial charge in [0.1, 0.15) is 0 Å². The predicted molar refractivity (Wildman–Crippen MR) is 226 cm³/mol. The fourth-order valence-corrected chi connectivity index (χ4v) is 8.17. The first-order valence-corrected chi connectivity index (χ1v) is 18.5. The number of hydrogen-bond acceptors (Lipinski definition) is 4. The molecule has 3 nitrogen and oxygen atoms in total. The molecule has 0 bridgehead atoms. The number of rotatable bonds is 8. The Labute approximate surface area is 312 Å². The Hall–Kier alpha value is -6.75. The summed E-state index contributed by atoms with van der Waals surface area (Å²) in [7, 11) is 0. The number of para-hydroxylation sites is 4. The lowest BCUT2D eigenvalue weighted by molar-refractivity contribution is 1.28. The van der Waals surface area contributed by atoms with Crippen LogP contribution >= 0.6 is 11.3 Å². The molecule has 0 amide bonds. The zero-order valence-corrected chi connectivity index (χ0v) is 29.7. The summed E-state index contributed by atoms with van der Waals surface area (Å²) in [5.41, 5.74) is 11.0. The molecule has 252 valence electrons. The van der Waals surface area contributed by atoms with Crippen LogP contribution in [0.5, 0.6) is 0 Å². The van der Waals surface area contributed by atoms with Crippen molar-refractivity contribution in [2.24, 2.45) is 0 Å². The molecular weight excluding hydrogens is 665 g/mol. The molecule has 0 fully saturated rings. The van der Waals surface area contributed by atoms with Crippen molar-refractivity contribution >= 4 is 65.6 Å². The van der Waals surface area contributed by atoms with Gasteiger partial charge in [0.15, 0.2) is 5.43 Å². The largest absolute Gasteiger partial charge is 0.311 e. The van der Waals surface area contributed by atoms with E-state index in [0.717, 1.165) is 76.6 Å². The third kappa shape index (κ3) is 6.37. The summed E-state index contributed by atoms with van der Waals surface area (Å²) >= 11 is 1.67. The fourth-order valence-electron chi connectivity index (χ4n) is 7.02. The SMILES string of the molecule is O=c1c2ccc(-c3ccc(N(c4ccccc4)c4ccccc4)cc3)cc2sc2cc(-c3ccc(N(c4ccccc4)c4ccccc4)cc3)ccc12. The van der Waals surface area contributed by atoms with Gasteiger partial charge in [0, 0.05) is 54.3 Å². The van der Waals surface area contributed by atoms with Crippen molar-refractivity contribution in [2.75, 3.05) is 9.80 Å². The maximum absolute atomic E-state index is 13.8. The van der Waals surface area contributed by atoms with E-state index in [9.17, 15) is 4.79 Å². The molecule has 0 saturated carbocycles. The second-order valence-corrected chi connectivity index (χ2v) is 14.0. The van der Waals surface area contributed by atoms with Gasteiger partial charge >= 0.3 is 0 Å². The van der Waals surface area contributed by atoms with Crippen LogP contribution in [0.4, 0.5) is 34.1 Å². The molecule has 0 spiro atoms. The van der Waals surface area contributed by atoms with Gasteiger partial charge in [0.25, 0.3) is 0 Å². The van der Waals surface area contributed by atoms with Gasteiger partial charge in [-0.1, -0.05) is 109 Å². The van der Waals surface area contributed by atoms with Crippen molar-refractivity contribution in [3.05, 3.63) is 216 Å². The van der Waals surface area contributed by atoms with Crippen LogP contribution < -0.4 is 15.2 Å². The molecular formula is C49H34N2OS. The van der Waals surface area contributed by atoms with E-state index >= 15 is 0 Å². The lowest BCUT2D eigenvalue weighted by Gasteiger charge is -2.25. The van der Waals surface area contributed by atoms with Crippen LogP contribution in [-0.4, -0.2) is 0 Å². The summed E-state index contributed by atoms with van der Waals surface area (Å²) in [5, 5.41) is 1.50. The molecule has 9 aromatic rings. The van der Waals surface area contributed by atoms with Gasteiger partial charge in [-0.25, -0.2) is 0 Å². The average molecular weight is 699 g/mol. The van der Waals surface area contributed by atoms with E-state index in [2.05, 4.69) is 180 Å². The molecule has 0 aliphatic carbocycles. The first kappa shape index (κ1) is 32.2. The number of nitrogens with zero attached hydrogens (tertiary/aromatic N) is 2. The quantitative estimate of drug-likeness (QED) is 0.148. The highest BCUT2D eigenvalue weighted by atomic mass is 32.1. The Morgan fingerprint density at radius 3 is 0.906 bits per heavy atom. The van der Waals surface area contributed by atoms with Crippen molar-refractivity contribution in [1.82, 2.24) is 0 Å². The molecule has 1 heterocycles. The highest BCUT2D eigenvalue weighted by Gasteiger charge is 2.15. The lowest BCUT2D eigenvalue weighted by Crippen LogP contribution is -2.09. The summed E-state index contributed by atoms with van der Waals surface area (Å²) < 4.78 is 1.96. The normalized spacial score (nSPS) is 11.1.